The number of aromatic nitrogens is 2. The number of piperazine rings is 1. The van der Waals surface area contributed by atoms with Crippen LogP contribution in [-0.4, -0.2) is 75.7 Å². The van der Waals surface area contributed by atoms with E-state index in [2.05, 4.69) is 27.1 Å². The van der Waals surface area contributed by atoms with Gasteiger partial charge in [-0.2, -0.15) is 0 Å². The number of nitrogens with one attached hydrogen (secondary N) is 1. The second kappa shape index (κ2) is 8.67. The van der Waals surface area contributed by atoms with Crippen LogP contribution < -0.4 is 10.9 Å². The minimum atomic E-state index is -0.530. The summed E-state index contributed by atoms with van der Waals surface area (Å²) in [6.45, 7) is 4.72. The van der Waals surface area contributed by atoms with Crippen LogP contribution >= 0.6 is 0 Å². The molecule has 0 atom stereocenters. The first-order chi connectivity index (χ1) is 17.3. The number of rotatable bonds is 6. The Morgan fingerprint density at radius 2 is 1.81 bits per heavy atom. The zero-order valence-electron chi connectivity index (χ0n) is 20.3. The van der Waals surface area contributed by atoms with Crippen molar-refractivity contribution >= 4 is 16.9 Å². The molecule has 1 amide bonds. The zero-order chi connectivity index (χ0) is 25.0. The number of pyridine rings is 2. The van der Waals surface area contributed by atoms with Crippen molar-refractivity contribution in [3.8, 4) is 16.9 Å². The number of likely N-dealkylation sites (N-methyl/N-ethyl adjacent to an activating group) is 1. The molecule has 9 heteroatoms. The van der Waals surface area contributed by atoms with Gasteiger partial charge in [0.15, 0.2) is 0 Å². The van der Waals surface area contributed by atoms with Crippen LogP contribution in [0.15, 0.2) is 41.3 Å². The lowest BCUT2D eigenvalue weighted by Gasteiger charge is -2.61. The molecule has 3 saturated carbocycles. The van der Waals surface area contributed by atoms with E-state index in [-0.39, 0.29) is 22.7 Å². The van der Waals surface area contributed by atoms with Gasteiger partial charge in [0.05, 0.1) is 5.39 Å². The minimum absolute atomic E-state index is 0.228. The summed E-state index contributed by atoms with van der Waals surface area (Å²) in [5, 5.41) is 14.5. The number of carbonyl (C=O) groups is 1. The number of amides is 1. The van der Waals surface area contributed by atoms with Gasteiger partial charge in [-0.05, 0) is 56.0 Å². The van der Waals surface area contributed by atoms with Crippen molar-refractivity contribution in [2.24, 2.45) is 5.92 Å². The Morgan fingerprint density at radius 1 is 1.11 bits per heavy atom. The highest BCUT2D eigenvalue weighted by Gasteiger charge is 2.57. The van der Waals surface area contributed by atoms with Crippen LogP contribution in [0, 0.1) is 11.7 Å². The van der Waals surface area contributed by atoms with Crippen molar-refractivity contribution < 1.29 is 14.3 Å². The van der Waals surface area contributed by atoms with Gasteiger partial charge in [-0.25, -0.2) is 9.37 Å². The van der Waals surface area contributed by atoms with Crippen LogP contribution in [-0.2, 0) is 6.54 Å². The maximum atomic E-state index is 13.6. The molecule has 0 radical (unpaired) electrons. The molecule has 1 aliphatic heterocycles. The summed E-state index contributed by atoms with van der Waals surface area (Å²) in [5.74, 6) is -0.566. The van der Waals surface area contributed by atoms with Gasteiger partial charge in [0.2, 0.25) is 0 Å². The van der Waals surface area contributed by atoms with E-state index in [1.54, 1.807) is 24.4 Å². The first-order valence-electron chi connectivity index (χ1n) is 12.6. The van der Waals surface area contributed by atoms with Crippen LogP contribution in [0.2, 0.25) is 0 Å². The van der Waals surface area contributed by atoms with E-state index in [1.807, 2.05) is 0 Å². The Labute approximate surface area is 208 Å². The molecule has 2 N–H and O–H groups in total. The summed E-state index contributed by atoms with van der Waals surface area (Å²) in [6, 6.07) is 7.70. The van der Waals surface area contributed by atoms with E-state index in [1.165, 1.54) is 16.7 Å². The van der Waals surface area contributed by atoms with E-state index < -0.39 is 11.5 Å². The molecule has 2 bridgehead atoms. The van der Waals surface area contributed by atoms with Crippen molar-refractivity contribution in [1.29, 1.82) is 0 Å². The predicted molar refractivity (Wildman–Crippen MR) is 135 cm³/mol. The summed E-state index contributed by atoms with van der Waals surface area (Å²) in [7, 11) is 2.09. The normalized spacial score (nSPS) is 23.8. The fraction of sp³-hybridized carbons (Fsp3) is 0.444. The molecule has 7 rings (SSSR count). The maximum absolute atomic E-state index is 13.6. The number of fused-ring (bicyclic) bond motifs is 1. The van der Waals surface area contributed by atoms with Crippen LogP contribution in [0.25, 0.3) is 22.2 Å². The van der Waals surface area contributed by atoms with Gasteiger partial charge in [-0.15, -0.1) is 0 Å². The average Bonchev–Trinajstić information content (AvgIpc) is 2.82. The summed E-state index contributed by atoms with van der Waals surface area (Å²) in [6.07, 6.45) is 4.41. The summed E-state index contributed by atoms with van der Waals surface area (Å²) >= 11 is 0. The Hall–Kier alpha value is -3.30. The number of halogens is 1. The van der Waals surface area contributed by atoms with Gasteiger partial charge in [0.1, 0.15) is 22.8 Å². The van der Waals surface area contributed by atoms with Crippen molar-refractivity contribution in [3.63, 3.8) is 0 Å². The summed E-state index contributed by atoms with van der Waals surface area (Å²) < 4.78 is 15.0. The molecule has 36 heavy (non-hydrogen) atoms. The topological polar surface area (TPSA) is 90.7 Å². The van der Waals surface area contributed by atoms with Gasteiger partial charge < -0.3 is 15.3 Å². The predicted octanol–water partition coefficient (Wildman–Crippen LogP) is 2.44. The number of hydrogen-bond donors (Lipinski definition) is 2. The van der Waals surface area contributed by atoms with Crippen LogP contribution in [0.3, 0.4) is 0 Å². The van der Waals surface area contributed by atoms with E-state index in [4.69, 9.17) is 0 Å². The van der Waals surface area contributed by atoms with Gasteiger partial charge in [-0.3, -0.25) is 19.1 Å². The van der Waals surface area contributed by atoms with E-state index in [9.17, 15) is 19.1 Å². The molecule has 0 unspecified atom stereocenters. The quantitative estimate of drug-likeness (QED) is 0.551. The molecule has 188 valence electrons. The fourth-order valence-corrected chi connectivity index (χ4v) is 5.77. The van der Waals surface area contributed by atoms with Gasteiger partial charge in [0, 0.05) is 56.6 Å². The minimum Gasteiger partial charge on any atom is -0.506 e. The molecule has 2 aromatic heterocycles. The van der Waals surface area contributed by atoms with Crippen LogP contribution in [0.1, 0.15) is 29.6 Å². The lowest BCUT2D eigenvalue weighted by atomic mass is 9.50. The molecular formula is C27H30FN5O3. The highest BCUT2D eigenvalue weighted by atomic mass is 19.1. The lowest BCUT2D eigenvalue weighted by molar-refractivity contribution is -0.0439. The molecule has 4 fully saturated rings. The van der Waals surface area contributed by atoms with E-state index in [0.717, 1.165) is 51.0 Å². The molecule has 8 nitrogen and oxygen atoms in total. The third-order valence-electron chi connectivity index (χ3n) is 8.13. The average molecular weight is 492 g/mol. The molecular weight excluding hydrogens is 461 g/mol. The molecule has 4 aliphatic rings. The Bertz CT molecular complexity index is 1380. The second-order valence-corrected chi connectivity index (χ2v) is 10.6. The van der Waals surface area contributed by atoms with Crippen LogP contribution in [0.5, 0.6) is 5.75 Å². The number of benzene rings is 1. The summed E-state index contributed by atoms with van der Waals surface area (Å²) in [5.41, 5.74) is 0.727. The monoisotopic (exact) mass is 491 g/mol. The summed E-state index contributed by atoms with van der Waals surface area (Å²) in [4.78, 5) is 36.0. The first kappa shape index (κ1) is 23.1. The van der Waals surface area contributed by atoms with E-state index in [0.29, 0.717) is 35.6 Å². The highest BCUT2D eigenvalue weighted by Crippen LogP contribution is 2.57. The fourth-order valence-electron chi connectivity index (χ4n) is 5.77. The molecule has 1 saturated heterocycles. The molecule has 3 aromatic rings. The Balaban J connectivity index is 1.40. The largest absolute Gasteiger partial charge is 0.506 e. The smallest absolute Gasteiger partial charge is 0.268 e. The second-order valence-electron chi connectivity index (χ2n) is 10.6. The molecule has 3 heterocycles. The Kier molecular flexibility index (Phi) is 5.57. The van der Waals surface area contributed by atoms with Crippen molar-refractivity contribution in [3.05, 3.63) is 58.3 Å². The molecule has 3 aliphatic carbocycles. The number of carbonyl (C=O) groups excluding carboxylic acids is 1. The number of hydrogen-bond acceptors (Lipinski definition) is 6. The third kappa shape index (κ3) is 3.96. The molecule has 1 aromatic carbocycles. The maximum Gasteiger partial charge on any atom is 0.268 e. The van der Waals surface area contributed by atoms with Gasteiger partial charge in [0.25, 0.3) is 11.5 Å². The SMILES string of the molecule is CN1CCN(CCn2c(=O)c(C(=O)NC34CC(C3)C4)c(O)c3cc(-c4ccc(F)cc4)cnc32)CC1. The van der Waals surface area contributed by atoms with Gasteiger partial charge >= 0.3 is 0 Å². The number of nitrogens with zero attached hydrogens (tertiary/aromatic N) is 4. The van der Waals surface area contributed by atoms with E-state index >= 15 is 0 Å². The van der Waals surface area contributed by atoms with Crippen molar-refractivity contribution in [2.45, 2.75) is 31.3 Å². The highest BCUT2D eigenvalue weighted by molar-refractivity contribution is 6.02. The zero-order valence-corrected chi connectivity index (χ0v) is 20.3. The first-order valence-corrected chi connectivity index (χ1v) is 12.6. The number of aromatic hydroxyl groups is 1. The third-order valence-corrected chi connectivity index (χ3v) is 8.13. The lowest BCUT2D eigenvalue weighted by Crippen LogP contribution is -2.68. The Morgan fingerprint density at radius 3 is 2.44 bits per heavy atom. The van der Waals surface area contributed by atoms with Gasteiger partial charge in [-0.1, -0.05) is 12.1 Å². The molecule has 0 spiro atoms. The van der Waals surface area contributed by atoms with Crippen LogP contribution in [0.4, 0.5) is 4.39 Å². The standard InChI is InChI=1S/C27H30FN5O3/c1-31-6-8-32(9-7-31)10-11-33-24-21(12-19(16-29-24)18-2-4-20(28)5-3-18)23(34)22(26(33)36)25(35)30-27-13-17(14-27)15-27/h2-5,12,16-17,34H,6-11,13-15H2,1H3,(H,30,35). The van der Waals surface area contributed by atoms with Crippen molar-refractivity contribution in [2.75, 3.05) is 39.8 Å². The van der Waals surface area contributed by atoms with Crippen molar-refractivity contribution in [1.82, 2.24) is 24.7 Å².